The van der Waals surface area contributed by atoms with Gasteiger partial charge in [0.15, 0.2) is 5.82 Å². The Morgan fingerprint density at radius 3 is 2.50 bits per heavy atom. The number of carbonyl (C=O) groups excluding carboxylic acids is 1. The van der Waals surface area contributed by atoms with Crippen molar-refractivity contribution < 1.29 is 19.1 Å². The van der Waals surface area contributed by atoms with Gasteiger partial charge in [-0.15, -0.1) is 0 Å². The first kappa shape index (κ1) is 23.6. The molecule has 0 bridgehead atoms. The van der Waals surface area contributed by atoms with Crippen molar-refractivity contribution in [2.75, 3.05) is 25.3 Å². The molecule has 0 spiro atoms. The minimum Gasteiger partial charge on any atom is -0.491 e. The molecule has 0 unspecified atom stereocenters. The summed E-state index contributed by atoms with van der Waals surface area (Å²) in [5.74, 6) is -0.159. The van der Waals surface area contributed by atoms with Crippen LogP contribution in [0.5, 0.6) is 5.75 Å². The summed E-state index contributed by atoms with van der Waals surface area (Å²) in [7, 11) is 3.28. The molecule has 1 aromatic heterocycles. The molecule has 0 aliphatic carbocycles. The van der Waals surface area contributed by atoms with E-state index >= 15 is 0 Å². The minimum absolute atomic E-state index is 0.0206. The number of aromatic nitrogens is 2. The SMILES string of the molecule is Cc1c(C(=O)N2CCOc3ccc(-c4ccc(-c5cn(C)cn5)cc4)cc3C2)ccc(N(C)O)c1F. The first-order chi connectivity index (χ1) is 17.3. The monoisotopic (exact) mass is 486 g/mol. The number of carbonyl (C=O) groups is 1. The number of amides is 1. The second-order valence-corrected chi connectivity index (χ2v) is 8.99. The van der Waals surface area contributed by atoms with Gasteiger partial charge in [-0.3, -0.25) is 15.1 Å². The van der Waals surface area contributed by atoms with Gasteiger partial charge in [0.2, 0.25) is 0 Å². The smallest absolute Gasteiger partial charge is 0.254 e. The summed E-state index contributed by atoms with van der Waals surface area (Å²) in [5, 5.41) is 10.3. The average molecular weight is 487 g/mol. The molecule has 2 heterocycles. The lowest BCUT2D eigenvalue weighted by atomic mass is 10.00. The summed E-state index contributed by atoms with van der Waals surface area (Å²) in [6.45, 7) is 2.61. The molecule has 0 saturated heterocycles. The average Bonchev–Trinajstić information content (AvgIpc) is 3.19. The van der Waals surface area contributed by atoms with Crippen molar-refractivity contribution in [1.29, 1.82) is 0 Å². The van der Waals surface area contributed by atoms with Gasteiger partial charge in [-0.1, -0.05) is 30.3 Å². The van der Waals surface area contributed by atoms with Gasteiger partial charge >= 0.3 is 0 Å². The molecule has 3 aromatic carbocycles. The Morgan fingerprint density at radius 2 is 1.81 bits per heavy atom. The maximum absolute atomic E-state index is 14.7. The van der Waals surface area contributed by atoms with Crippen LogP contribution in [0.2, 0.25) is 0 Å². The molecule has 8 heteroatoms. The van der Waals surface area contributed by atoms with Crippen molar-refractivity contribution in [3.05, 3.63) is 89.6 Å². The van der Waals surface area contributed by atoms with Gasteiger partial charge in [-0.25, -0.2) is 9.37 Å². The molecule has 1 N–H and O–H groups in total. The van der Waals surface area contributed by atoms with Crippen molar-refractivity contribution in [2.24, 2.45) is 7.05 Å². The van der Waals surface area contributed by atoms with E-state index in [0.717, 1.165) is 33.7 Å². The molecule has 184 valence electrons. The van der Waals surface area contributed by atoms with E-state index in [1.165, 1.54) is 13.1 Å². The number of imidazole rings is 1. The molecule has 0 saturated carbocycles. The minimum atomic E-state index is -0.617. The number of hydrogen-bond donors (Lipinski definition) is 1. The lowest BCUT2D eigenvalue weighted by Gasteiger charge is -2.22. The number of anilines is 1. The second kappa shape index (κ2) is 9.47. The zero-order chi connectivity index (χ0) is 25.4. The van der Waals surface area contributed by atoms with Crippen LogP contribution < -0.4 is 9.80 Å². The number of benzene rings is 3. The van der Waals surface area contributed by atoms with Crippen LogP contribution in [0.1, 0.15) is 21.5 Å². The van der Waals surface area contributed by atoms with Crippen molar-refractivity contribution in [3.8, 4) is 28.1 Å². The molecule has 4 aromatic rings. The molecule has 36 heavy (non-hydrogen) atoms. The number of aryl methyl sites for hydroxylation is 1. The summed E-state index contributed by atoms with van der Waals surface area (Å²) in [4.78, 5) is 19.4. The molecule has 1 aliphatic heterocycles. The summed E-state index contributed by atoms with van der Waals surface area (Å²) >= 11 is 0. The Labute approximate surface area is 208 Å². The Kier molecular flexibility index (Phi) is 6.20. The van der Waals surface area contributed by atoms with E-state index in [1.807, 2.05) is 48.1 Å². The zero-order valence-corrected chi connectivity index (χ0v) is 20.4. The van der Waals surface area contributed by atoms with Gasteiger partial charge in [0.05, 0.1) is 24.3 Å². The number of hydroxylamine groups is 1. The van der Waals surface area contributed by atoms with Crippen LogP contribution in [-0.2, 0) is 13.6 Å². The number of ether oxygens (including phenoxy) is 1. The van der Waals surface area contributed by atoms with E-state index in [0.29, 0.717) is 24.8 Å². The van der Waals surface area contributed by atoms with E-state index < -0.39 is 5.82 Å². The van der Waals surface area contributed by atoms with Crippen LogP contribution in [-0.4, -0.2) is 45.8 Å². The van der Waals surface area contributed by atoms with Gasteiger partial charge in [0.1, 0.15) is 12.4 Å². The highest BCUT2D eigenvalue weighted by atomic mass is 19.1. The largest absolute Gasteiger partial charge is 0.491 e. The fourth-order valence-electron chi connectivity index (χ4n) is 4.47. The topological polar surface area (TPSA) is 70.8 Å². The summed E-state index contributed by atoms with van der Waals surface area (Å²) in [6.07, 6.45) is 3.75. The summed E-state index contributed by atoms with van der Waals surface area (Å²) in [5.41, 5.74) is 5.38. The lowest BCUT2D eigenvalue weighted by Crippen LogP contribution is -2.33. The first-order valence-corrected chi connectivity index (χ1v) is 11.7. The van der Waals surface area contributed by atoms with Crippen molar-refractivity contribution >= 4 is 11.6 Å². The van der Waals surface area contributed by atoms with Gasteiger partial charge in [-0.05, 0) is 47.9 Å². The predicted octanol–water partition coefficient (Wildman–Crippen LogP) is 5.06. The van der Waals surface area contributed by atoms with Gasteiger partial charge < -0.3 is 14.2 Å². The molecule has 7 nitrogen and oxygen atoms in total. The predicted molar refractivity (Wildman–Crippen MR) is 136 cm³/mol. The third-order valence-electron chi connectivity index (χ3n) is 6.49. The highest BCUT2D eigenvalue weighted by Gasteiger charge is 2.25. The molecule has 0 radical (unpaired) electrons. The fourth-order valence-corrected chi connectivity index (χ4v) is 4.47. The molecule has 1 aliphatic rings. The molecule has 5 rings (SSSR count). The van der Waals surface area contributed by atoms with Crippen LogP contribution in [0, 0.1) is 12.7 Å². The van der Waals surface area contributed by atoms with E-state index in [9.17, 15) is 14.4 Å². The third-order valence-corrected chi connectivity index (χ3v) is 6.49. The third kappa shape index (κ3) is 4.43. The lowest BCUT2D eigenvalue weighted by molar-refractivity contribution is 0.0732. The van der Waals surface area contributed by atoms with Crippen LogP contribution >= 0.6 is 0 Å². The number of hydrogen-bond acceptors (Lipinski definition) is 5. The standard InChI is InChI=1S/C28H27FN4O3/c1-18-23(9-10-25(27(18)29)32(3)35)28(34)33-12-13-36-26-11-8-21(14-22(26)15-33)19-4-6-20(7-5-19)24-16-31(2)17-30-24/h4-11,14,16-17,35H,12-13,15H2,1-3H3. The highest BCUT2D eigenvalue weighted by molar-refractivity contribution is 5.96. The second-order valence-electron chi connectivity index (χ2n) is 8.99. The molecular formula is C28H27FN4O3. The Morgan fingerprint density at radius 1 is 1.08 bits per heavy atom. The van der Waals surface area contributed by atoms with Crippen molar-refractivity contribution in [1.82, 2.24) is 14.5 Å². The van der Waals surface area contributed by atoms with Gasteiger partial charge in [0, 0.05) is 43.5 Å². The van der Waals surface area contributed by atoms with Gasteiger partial charge in [0.25, 0.3) is 5.91 Å². The Balaban J connectivity index is 1.40. The van der Waals surface area contributed by atoms with Crippen molar-refractivity contribution in [3.63, 3.8) is 0 Å². The number of fused-ring (bicyclic) bond motifs is 1. The molecule has 0 fully saturated rings. The van der Waals surface area contributed by atoms with E-state index in [4.69, 9.17) is 4.74 Å². The maximum atomic E-state index is 14.7. The Hall–Kier alpha value is -4.17. The van der Waals surface area contributed by atoms with Crippen LogP contribution in [0.3, 0.4) is 0 Å². The van der Waals surface area contributed by atoms with Crippen LogP contribution in [0.25, 0.3) is 22.4 Å². The van der Waals surface area contributed by atoms with Gasteiger partial charge in [-0.2, -0.15) is 0 Å². The molecule has 0 atom stereocenters. The van der Waals surface area contributed by atoms with Crippen LogP contribution in [0.4, 0.5) is 10.1 Å². The highest BCUT2D eigenvalue weighted by Crippen LogP contribution is 2.32. The normalized spacial score (nSPS) is 13.1. The molecular weight excluding hydrogens is 459 g/mol. The van der Waals surface area contributed by atoms with Crippen molar-refractivity contribution in [2.45, 2.75) is 13.5 Å². The number of halogens is 1. The van der Waals surface area contributed by atoms with E-state index in [-0.39, 0.29) is 22.7 Å². The first-order valence-electron chi connectivity index (χ1n) is 11.7. The summed E-state index contributed by atoms with van der Waals surface area (Å²) in [6, 6.07) is 17.1. The summed E-state index contributed by atoms with van der Waals surface area (Å²) < 4.78 is 22.6. The fraction of sp³-hybridized carbons (Fsp3) is 0.214. The Bertz CT molecular complexity index is 1430. The van der Waals surface area contributed by atoms with Crippen LogP contribution in [0.15, 0.2) is 67.1 Å². The quantitative estimate of drug-likeness (QED) is 0.408. The van der Waals surface area contributed by atoms with E-state index in [2.05, 4.69) is 17.1 Å². The number of nitrogens with zero attached hydrogens (tertiary/aromatic N) is 4. The number of rotatable bonds is 4. The maximum Gasteiger partial charge on any atom is 0.254 e. The zero-order valence-electron chi connectivity index (χ0n) is 20.4. The van der Waals surface area contributed by atoms with E-state index in [1.54, 1.807) is 24.2 Å². The molecule has 1 amide bonds.